The van der Waals surface area contributed by atoms with E-state index in [1.807, 2.05) is 6.07 Å². The number of unbranched alkanes of at least 4 members (excludes halogenated alkanes) is 2. The third-order valence-corrected chi connectivity index (χ3v) is 11.7. The van der Waals surface area contributed by atoms with E-state index in [9.17, 15) is 14.4 Å². The molecule has 2 heterocycles. The van der Waals surface area contributed by atoms with Crippen molar-refractivity contribution in [2.75, 3.05) is 0 Å². The molecular formula is C32H44O7. The van der Waals surface area contributed by atoms with Gasteiger partial charge in [-0.05, 0) is 86.2 Å². The highest BCUT2D eigenvalue weighted by Crippen LogP contribution is 2.78. The van der Waals surface area contributed by atoms with Crippen molar-refractivity contribution in [2.24, 2.45) is 28.6 Å². The normalized spacial score (nSPS) is 43.8. The van der Waals surface area contributed by atoms with Gasteiger partial charge >= 0.3 is 17.6 Å². The maximum absolute atomic E-state index is 13.0. The highest BCUT2D eigenvalue weighted by atomic mass is 16.7. The van der Waals surface area contributed by atoms with Crippen molar-refractivity contribution in [1.29, 1.82) is 0 Å². The average Bonchev–Trinajstić information content (AvgIpc) is 3.59. The van der Waals surface area contributed by atoms with Crippen LogP contribution in [0.4, 0.5) is 0 Å². The fraction of sp³-hybridized carbons (Fsp3) is 0.781. The van der Waals surface area contributed by atoms with Gasteiger partial charge in [-0.15, -0.1) is 0 Å². The molecule has 0 N–H and O–H groups in total. The molecule has 5 aliphatic rings. The van der Waals surface area contributed by atoms with E-state index in [1.54, 1.807) is 6.26 Å². The number of carbonyl (C=O) groups is 2. The minimum Gasteiger partial charge on any atom is -0.463 e. The zero-order valence-corrected chi connectivity index (χ0v) is 23.9. The number of epoxide rings is 1. The smallest absolute Gasteiger partial charge is 0.335 e. The predicted octanol–water partition coefficient (Wildman–Crippen LogP) is 5.93. The minimum atomic E-state index is -0.374. The Hall–Kier alpha value is -2.15. The van der Waals surface area contributed by atoms with Crippen LogP contribution in [0.5, 0.6) is 0 Å². The fourth-order valence-corrected chi connectivity index (χ4v) is 9.96. The average molecular weight is 541 g/mol. The second-order valence-electron chi connectivity index (χ2n) is 13.6. The molecule has 1 aliphatic heterocycles. The van der Waals surface area contributed by atoms with Crippen LogP contribution in [-0.2, 0) is 23.8 Å². The lowest BCUT2D eigenvalue weighted by atomic mass is 9.44. The van der Waals surface area contributed by atoms with Gasteiger partial charge in [0, 0.05) is 30.7 Å². The summed E-state index contributed by atoms with van der Waals surface area (Å²) in [6.07, 6.45) is 11.7. The van der Waals surface area contributed by atoms with Gasteiger partial charge in [0.05, 0.1) is 6.26 Å². The Labute approximate surface area is 231 Å². The molecule has 0 radical (unpaired) electrons. The summed E-state index contributed by atoms with van der Waals surface area (Å²) in [5.41, 5.74) is 0.206. The molecule has 7 nitrogen and oxygen atoms in total. The monoisotopic (exact) mass is 540 g/mol. The summed E-state index contributed by atoms with van der Waals surface area (Å²) in [5.74, 6) is 1.07. The van der Waals surface area contributed by atoms with E-state index in [0.717, 1.165) is 69.8 Å². The molecule has 6 rings (SSSR count). The Morgan fingerprint density at radius 1 is 1.03 bits per heavy atom. The van der Waals surface area contributed by atoms with Gasteiger partial charge in [-0.1, -0.05) is 33.6 Å². The highest BCUT2D eigenvalue weighted by Gasteiger charge is 2.84. The van der Waals surface area contributed by atoms with E-state index in [4.69, 9.17) is 18.6 Å². The minimum absolute atomic E-state index is 0.0363. The van der Waals surface area contributed by atoms with Crippen molar-refractivity contribution in [3.8, 4) is 0 Å². The van der Waals surface area contributed by atoms with Crippen LogP contribution < -0.4 is 5.63 Å². The first-order chi connectivity index (χ1) is 18.6. The van der Waals surface area contributed by atoms with Gasteiger partial charge in [0.2, 0.25) is 0 Å². The Balaban J connectivity index is 1.30. The van der Waals surface area contributed by atoms with E-state index in [-0.39, 0.29) is 58.2 Å². The molecule has 0 amide bonds. The molecule has 0 aromatic carbocycles. The largest absolute Gasteiger partial charge is 0.463 e. The molecule has 1 saturated heterocycles. The fourth-order valence-electron chi connectivity index (χ4n) is 9.96. The molecule has 1 spiro atoms. The first kappa shape index (κ1) is 27.0. The van der Waals surface area contributed by atoms with Crippen LogP contribution in [0.2, 0.25) is 0 Å². The van der Waals surface area contributed by atoms with Crippen molar-refractivity contribution in [1.82, 2.24) is 0 Å². The summed E-state index contributed by atoms with van der Waals surface area (Å²) in [6.45, 7) is 8.44. The second kappa shape index (κ2) is 9.74. The van der Waals surface area contributed by atoms with E-state index in [2.05, 4.69) is 20.8 Å². The first-order valence-electron chi connectivity index (χ1n) is 15.3. The summed E-state index contributed by atoms with van der Waals surface area (Å²) >= 11 is 0. The molecule has 5 fully saturated rings. The standard InChI is InChI=1S/C32H44O7/c1-5-6-7-8-26(35)38-28-27(20-9-12-25(34)36-18-20)31(4)16-14-23-24(32(31)29(28)39-32)11-10-21-17-22(37-19(2)33)13-15-30(21,23)3/h9,12,18,21-24,27-29H,5-8,10-11,13-17H2,1-4H3/t21-,22+,23?,24-,27+,28-,29-,30+,31-,32-/m1/s1. The second-order valence-corrected chi connectivity index (χ2v) is 13.6. The number of hydrogen-bond acceptors (Lipinski definition) is 7. The van der Waals surface area contributed by atoms with E-state index in [0.29, 0.717) is 24.2 Å². The molecule has 10 atom stereocenters. The third kappa shape index (κ3) is 4.12. The maximum atomic E-state index is 13.0. The van der Waals surface area contributed by atoms with Gasteiger partial charge in [0.25, 0.3) is 0 Å². The molecule has 4 aliphatic carbocycles. The van der Waals surface area contributed by atoms with Gasteiger partial charge < -0.3 is 18.6 Å². The molecule has 1 aromatic rings. The first-order valence-corrected chi connectivity index (χ1v) is 15.3. The van der Waals surface area contributed by atoms with E-state index < -0.39 is 0 Å². The Morgan fingerprint density at radius 3 is 2.56 bits per heavy atom. The number of hydrogen-bond donors (Lipinski definition) is 0. The van der Waals surface area contributed by atoms with Crippen LogP contribution >= 0.6 is 0 Å². The molecule has 0 bridgehead atoms. The van der Waals surface area contributed by atoms with E-state index in [1.165, 1.54) is 13.0 Å². The summed E-state index contributed by atoms with van der Waals surface area (Å²) < 4.78 is 24.1. The zero-order chi connectivity index (χ0) is 27.6. The predicted molar refractivity (Wildman–Crippen MR) is 144 cm³/mol. The quantitative estimate of drug-likeness (QED) is 0.240. The molecular weight excluding hydrogens is 496 g/mol. The number of ether oxygens (including phenoxy) is 3. The van der Waals surface area contributed by atoms with Gasteiger partial charge in [0.1, 0.15) is 23.9 Å². The molecule has 39 heavy (non-hydrogen) atoms. The molecule has 214 valence electrons. The van der Waals surface area contributed by atoms with E-state index >= 15 is 0 Å². The third-order valence-electron chi connectivity index (χ3n) is 11.7. The van der Waals surface area contributed by atoms with Gasteiger partial charge in [-0.25, -0.2) is 4.79 Å². The molecule has 7 heteroatoms. The maximum Gasteiger partial charge on any atom is 0.335 e. The summed E-state index contributed by atoms with van der Waals surface area (Å²) in [5, 5.41) is 0. The van der Waals surface area contributed by atoms with Crippen molar-refractivity contribution in [3.05, 3.63) is 34.4 Å². The van der Waals surface area contributed by atoms with Crippen molar-refractivity contribution < 1.29 is 28.2 Å². The molecule has 1 aromatic heterocycles. The number of rotatable bonds is 7. The topological polar surface area (TPSA) is 95.3 Å². The molecule has 4 saturated carbocycles. The van der Waals surface area contributed by atoms with Gasteiger partial charge in [-0.3, -0.25) is 9.59 Å². The van der Waals surface area contributed by atoms with Crippen molar-refractivity contribution in [3.63, 3.8) is 0 Å². The van der Waals surface area contributed by atoms with Crippen LogP contribution in [0.1, 0.15) is 110 Å². The summed E-state index contributed by atoms with van der Waals surface area (Å²) in [4.78, 5) is 36.5. The van der Waals surface area contributed by atoms with Crippen LogP contribution in [0.15, 0.2) is 27.6 Å². The Kier molecular flexibility index (Phi) is 6.76. The lowest BCUT2D eigenvalue weighted by Crippen LogP contribution is -2.58. The lowest BCUT2D eigenvalue weighted by Gasteiger charge is -2.61. The number of fused-ring (bicyclic) bond motifs is 3. The van der Waals surface area contributed by atoms with Crippen LogP contribution in [0.3, 0.4) is 0 Å². The SMILES string of the molecule is CCCCCC(=O)O[C@H]1[C@H]2O[C@]23[C@@H]2CC[C@@H]4C[C@@H](OC(C)=O)CC[C@]4(C)C2CC[C@]3(C)[C@H]1c1ccc(=O)oc1. The summed E-state index contributed by atoms with van der Waals surface area (Å²) in [6, 6.07) is 3.34. The number of carbonyl (C=O) groups excluding carboxylic acids is 2. The Bertz CT molecular complexity index is 1150. The Morgan fingerprint density at radius 2 is 1.85 bits per heavy atom. The molecule has 1 unspecified atom stereocenters. The van der Waals surface area contributed by atoms with Crippen molar-refractivity contribution in [2.45, 2.75) is 128 Å². The van der Waals surface area contributed by atoms with Crippen LogP contribution in [0.25, 0.3) is 0 Å². The van der Waals surface area contributed by atoms with Gasteiger partial charge in [0.15, 0.2) is 0 Å². The van der Waals surface area contributed by atoms with Crippen LogP contribution in [-0.4, -0.2) is 35.9 Å². The highest BCUT2D eigenvalue weighted by molar-refractivity contribution is 5.70. The van der Waals surface area contributed by atoms with Crippen molar-refractivity contribution >= 4 is 11.9 Å². The van der Waals surface area contributed by atoms with Crippen LogP contribution in [0, 0.1) is 28.6 Å². The zero-order valence-electron chi connectivity index (χ0n) is 23.9. The number of esters is 2. The lowest BCUT2D eigenvalue weighted by molar-refractivity contribution is -0.167. The summed E-state index contributed by atoms with van der Waals surface area (Å²) in [7, 11) is 0. The van der Waals surface area contributed by atoms with Gasteiger partial charge in [-0.2, -0.15) is 0 Å².